The molecule has 1 aromatic carbocycles. The van der Waals surface area contributed by atoms with Gasteiger partial charge in [0.1, 0.15) is 5.75 Å². The second-order valence-electron chi connectivity index (χ2n) is 4.22. The van der Waals surface area contributed by atoms with Crippen LogP contribution in [-0.4, -0.2) is 39.3 Å². The number of hydrogen-bond acceptors (Lipinski definition) is 6. The summed E-state index contributed by atoms with van der Waals surface area (Å²) in [4.78, 5) is 31.8. The van der Waals surface area contributed by atoms with Crippen LogP contribution in [0.3, 0.4) is 0 Å². The number of nitrogens with zero attached hydrogens (tertiary/aromatic N) is 3. The Morgan fingerprint density at radius 1 is 1.38 bits per heavy atom. The highest BCUT2D eigenvalue weighted by Crippen LogP contribution is 2.20. The molecule has 21 heavy (non-hydrogen) atoms. The number of aromatic amines is 1. The molecule has 0 atom stereocenters. The highest BCUT2D eigenvalue weighted by molar-refractivity contribution is 5.88. The van der Waals surface area contributed by atoms with E-state index >= 15 is 0 Å². The fraction of sp³-hybridized carbons (Fsp3) is 0.231. The number of carbonyl (C=O) groups excluding carboxylic acids is 1. The monoisotopic (exact) mass is 288 g/mol. The number of fused-ring (bicyclic) bond motifs is 3. The van der Waals surface area contributed by atoms with Crippen LogP contribution in [0.25, 0.3) is 16.8 Å². The van der Waals surface area contributed by atoms with E-state index in [1.54, 1.807) is 32.2 Å². The van der Waals surface area contributed by atoms with Crippen LogP contribution in [0.4, 0.5) is 0 Å². The van der Waals surface area contributed by atoms with Gasteiger partial charge in [-0.3, -0.25) is 9.89 Å². The minimum Gasteiger partial charge on any atom is -0.497 e. The van der Waals surface area contributed by atoms with Gasteiger partial charge in [-0.05, 0) is 19.1 Å². The number of hydrogen-bond donors (Lipinski definition) is 1. The minimum atomic E-state index is -0.772. The number of methoxy groups -OCH3 is 1. The molecule has 0 aliphatic carbocycles. The Bertz CT molecular complexity index is 896. The lowest BCUT2D eigenvalue weighted by atomic mass is 10.3. The van der Waals surface area contributed by atoms with Crippen LogP contribution in [0.5, 0.6) is 5.75 Å². The average molecular weight is 288 g/mol. The van der Waals surface area contributed by atoms with Crippen molar-refractivity contribution in [3.05, 3.63) is 34.2 Å². The maximum absolute atomic E-state index is 11.9. The predicted octanol–water partition coefficient (Wildman–Crippen LogP) is 0.756. The van der Waals surface area contributed by atoms with Gasteiger partial charge in [-0.15, -0.1) is 0 Å². The molecule has 0 saturated heterocycles. The molecule has 0 aliphatic heterocycles. The fourth-order valence-corrected chi connectivity index (χ4v) is 2.00. The maximum Gasteiger partial charge on any atom is 0.362 e. The van der Waals surface area contributed by atoms with E-state index in [4.69, 9.17) is 9.47 Å². The van der Waals surface area contributed by atoms with E-state index in [1.807, 2.05) is 0 Å². The number of nitrogens with one attached hydrogen (secondary N) is 1. The molecule has 8 nitrogen and oxygen atoms in total. The Balaban J connectivity index is 2.26. The summed E-state index contributed by atoms with van der Waals surface area (Å²) in [5.41, 5.74) is 0.305. The third-order valence-corrected chi connectivity index (χ3v) is 2.95. The van der Waals surface area contributed by atoms with Crippen molar-refractivity contribution in [3.63, 3.8) is 0 Å². The molecule has 0 aliphatic rings. The highest BCUT2D eigenvalue weighted by Gasteiger charge is 2.17. The second kappa shape index (κ2) is 4.89. The lowest BCUT2D eigenvalue weighted by Gasteiger charge is -2.01. The van der Waals surface area contributed by atoms with Crippen LogP contribution in [-0.2, 0) is 4.74 Å². The summed E-state index contributed by atoms with van der Waals surface area (Å²) in [6.45, 7) is 1.82. The van der Waals surface area contributed by atoms with Crippen molar-refractivity contribution in [2.45, 2.75) is 6.92 Å². The zero-order valence-corrected chi connectivity index (χ0v) is 11.4. The standard InChI is InChI=1S/C13H12N4O4/c1-3-21-12(19)10-11(18)16-17-9-6-7(20-2)4-5-8(9)14-13(17)15-10/h4-6H,3H2,1-2H3,(H,16,18). The molecule has 8 heteroatoms. The van der Waals surface area contributed by atoms with Crippen molar-refractivity contribution >= 4 is 22.8 Å². The van der Waals surface area contributed by atoms with Gasteiger partial charge in [-0.25, -0.2) is 14.3 Å². The Labute approximate surface area is 118 Å². The molecular weight excluding hydrogens is 276 g/mol. The first-order valence-electron chi connectivity index (χ1n) is 6.27. The number of benzene rings is 1. The number of ether oxygens (including phenoxy) is 2. The third-order valence-electron chi connectivity index (χ3n) is 2.95. The van der Waals surface area contributed by atoms with Gasteiger partial charge in [0, 0.05) is 6.07 Å². The summed E-state index contributed by atoms with van der Waals surface area (Å²) in [5.74, 6) is 0.0615. The van der Waals surface area contributed by atoms with Crippen LogP contribution < -0.4 is 10.3 Å². The first-order chi connectivity index (χ1) is 10.1. The SMILES string of the molecule is CCOC(=O)c1nc2nc3ccc(OC)cc3n2[nH]c1=O. The lowest BCUT2D eigenvalue weighted by molar-refractivity contribution is 0.0517. The molecule has 1 N–H and O–H groups in total. The van der Waals surface area contributed by atoms with Crippen LogP contribution in [0.15, 0.2) is 23.0 Å². The number of carbonyl (C=O) groups is 1. The Morgan fingerprint density at radius 3 is 2.90 bits per heavy atom. The van der Waals surface area contributed by atoms with Crippen molar-refractivity contribution in [1.29, 1.82) is 0 Å². The van der Waals surface area contributed by atoms with E-state index in [-0.39, 0.29) is 18.1 Å². The molecule has 0 saturated carbocycles. The number of rotatable bonds is 3. The largest absolute Gasteiger partial charge is 0.497 e. The van der Waals surface area contributed by atoms with E-state index in [1.165, 1.54) is 4.52 Å². The van der Waals surface area contributed by atoms with E-state index in [2.05, 4.69) is 15.1 Å². The molecule has 2 aromatic heterocycles. The molecule has 0 fully saturated rings. The third kappa shape index (κ3) is 2.10. The molecule has 0 spiro atoms. The molecule has 0 unspecified atom stereocenters. The summed E-state index contributed by atoms with van der Waals surface area (Å²) in [5, 5.41) is 2.55. The molecule has 108 valence electrons. The van der Waals surface area contributed by atoms with E-state index in [9.17, 15) is 9.59 Å². The molecular formula is C13H12N4O4. The van der Waals surface area contributed by atoms with Gasteiger partial charge in [-0.1, -0.05) is 0 Å². The first kappa shape index (κ1) is 13.1. The number of aromatic nitrogens is 4. The number of imidazole rings is 1. The van der Waals surface area contributed by atoms with Crippen LogP contribution in [0, 0.1) is 0 Å². The van der Waals surface area contributed by atoms with Gasteiger partial charge < -0.3 is 9.47 Å². The van der Waals surface area contributed by atoms with E-state index < -0.39 is 11.5 Å². The summed E-state index contributed by atoms with van der Waals surface area (Å²) in [6.07, 6.45) is 0. The lowest BCUT2D eigenvalue weighted by Crippen LogP contribution is -2.24. The zero-order valence-electron chi connectivity index (χ0n) is 11.4. The summed E-state index contributed by atoms with van der Waals surface area (Å²) in [7, 11) is 1.55. The van der Waals surface area contributed by atoms with Crippen LogP contribution >= 0.6 is 0 Å². The van der Waals surface area contributed by atoms with Gasteiger partial charge in [0.05, 0.1) is 24.8 Å². The van der Waals surface area contributed by atoms with Crippen molar-refractivity contribution in [2.24, 2.45) is 0 Å². The molecule has 3 rings (SSSR count). The smallest absolute Gasteiger partial charge is 0.362 e. The summed E-state index contributed by atoms with van der Waals surface area (Å²) in [6, 6.07) is 5.21. The van der Waals surface area contributed by atoms with Gasteiger partial charge in [-0.2, -0.15) is 4.98 Å². The molecule has 0 amide bonds. The Kier molecular flexibility index (Phi) is 3.05. The van der Waals surface area contributed by atoms with E-state index in [0.717, 1.165) is 0 Å². The van der Waals surface area contributed by atoms with Gasteiger partial charge in [0.2, 0.25) is 5.69 Å². The van der Waals surface area contributed by atoms with Crippen LogP contribution in [0.2, 0.25) is 0 Å². The van der Waals surface area contributed by atoms with Gasteiger partial charge >= 0.3 is 5.97 Å². The molecule has 2 heterocycles. The van der Waals surface area contributed by atoms with Gasteiger partial charge in [0.25, 0.3) is 11.3 Å². The molecule has 0 bridgehead atoms. The minimum absolute atomic E-state index is 0.165. The highest BCUT2D eigenvalue weighted by atomic mass is 16.5. The van der Waals surface area contributed by atoms with Crippen LogP contribution in [0.1, 0.15) is 17.4 Å². The van der Waals surface area contributed by atoms with Crippen molar-refractivity contribution < 1.29 is 14.3 Å². The summed E-state index contributed by atoms with van der Waals surface area (Å²) >= 11 is 0. The van der Waals surface area contributed by atoms with Crippen molar-refractivity contribution in [2.75, 3.05) is 13.7 Å². The second-order valence-corrected chi connectivity index (χ2v) is 4.22. The predicted molar refractivity (Wildman–Crippen MR) is 73.6 cm³/mol. The average Bonchev–Trinajstić information content (AvgIpc) is 2.83. The van der Waals surface area contributed by atoms with Crippen molar-refractivity contribution in [1.82, 2.24) is 19.6 Å². The zero-order chi connectivity index (χ0) is 15.0. The molecule has 3 aromatic rings. The first-order valence-corrected chi connectivity index (χ1v) is 6.27. The number of H-pyrrole nitrogens is 1. The quantitative estimate of drug-likeness (QED) is 0.714. The van der Waals surface area contributed by atoms with Crippen molar-refractivity contribution in [3.8, 4) is 5.75 Å². The number of esters is 1. The summed E-state index contributed by atoms with van der Waals surface area (Å²) < 4.78 is 11.3. The maximum atomic E-state index is 11.9. The fourth-order valence-electron chi connectivity index (χ4n) is 2.00. The Hall–Kier alpha value is -2.90. The topological polar surface area (TPSA) is 98.6 Å². The Morgan fingerprint density at radius 2 is 2.19 bits per heavy atom. The molecule has 0 radical (unpaired) electrons. The van der Waals surface area contributed by atoms with Gasteiger partial charge in [0.15, 0.2) is 0 Å². The normalized spacial score (nSPS) is 11.0. The van der Waals surface area contributed by atoms with E-state index in [0.29, 0.717) is 16.8 Å².